The van der Waals surface area contributed by atoms with E-state index < -0.39 is 0 Å². The molecule has 2 atom stereocenters. The molecule has 3 aliphatic rings. The van der Waals surface area contributed by atoms with E-state index in [4.69, 9.17) is 0 Å². The maximum Gasteiger partial charge on any atom is 0.0537 e. The van der Waals surface area contributed by atoms with Gasteiger partial charge in [0.15, 0.2) is 0 Å². The summed E-state index contributed by atoms with van der Waals surface area (Å²) in [6.07, 6.45) is 14.2. The first kappa shape index (κ1) is 40.7. The van der Waals surface area contributed by atoms with Crippen molar-refractivity contribution in [3.63, 3.8) is 0 Å². The van der Waals surface area contributed by atoms with Crippen LogP contribution in [0.5, 0.6) is 0 Å². The second-order valence-corrected chi connectivity index (χ2v) is 21.6. The van der Waals surface area contributed by atoms with Crippen LogP contribution in [0.4, 0.5) is 22.7 Å². The van der Waals surface area contributed by atoms with Gasteiger partial charge in [-0.3, -0.25) is 0 Å². The number of benzene rings is 5. The fraction of sp³-hybridized carbons (Fsp3) is 0.368. The van der Waals surface area contributed by atoms with E-state index in [1.54, 1.807) is 0 Å². The van der Waals surface area contributed by atoms with E-state index in [9.17, 15) is 0 Å². The average molecular weight is 779 g/mol. The van der Waals surface area contributed by atoms with E-state index in [1.807, 2.05) is 0 Å². The number of nitrogens with zero attached hydrogens (tertiary/aromatic N) is 2. The Labute approximate surface area is 356 Å². The van der Waals surface area contributed by atoms with Crippen molar-refractivity contribution >= 4 is 45.3 Å². The summed E-state index contributed by atoms with van der Waals surface area (Å²) in [5.74, 6) is 0.767. The standard InChI is InChI=1S/C57H66N2/c1-37-36-46(30-33-49(37)57(11,12)13)59(45-28-22-42(23-29-45)56(8,9)10)51-35-17-39-14-31-47-50(34-16-38-15-32-48(51)53(39)52(38)47)58(43-24-18-40(19-25-43)54(2,3)4)44-26-20-41(21-27-44)55(5,6)7/h14-15,17-35,37-38H,16,36H2,1-13H3/t37-,38?/m0/s1. The fourth-order valence-electron chi connectivity index (χ4n) is 9.72. The van der Waals surface area contributed by atoms with Crippen LogP contribution in [0.3, 0.4) is 0 Å². The zero-order chi connectivity index (χ0) is 42.2. The van der Waals surface area contributed by atoms with Crippen LogP contribution in [0.2, 0.25) is 0 Å². The predicted octanol–water partition coefficient (Wildman–Crippen LogP) is 16.5. The Morgan fingerprint density at radius 1 is 0.525 bits per heavy atom. The van der Waals surface area contributed by atoms with E-state index in [-0.39, 0.29) is 21.7 Å². The molecule has 5 aromatic rings. The molecule has 304 valence electrons. The molecule has 2 nitrogen and oxygen atoms in total. The molecule has 2 heteroatoms. The van der Waals surface area contributed by atoms with E-state index in [1.165, 1.54) is 83.9 Å². The summed E-state index contributed by atoms with van der Waals surface area (Å²) < 4.78 is 0. The average Bonchev–Trinajstić information content (AvgIpc) is 3.17. The fourth-order valence-corrected chi connectivity index (χ4v) is 9.72. The third-order valence-electron chi connectivity index (χ3n) is 13.1. The molecule has 0 heterocycles. The largest absolute Gasteiger partial charge is 0.314 e. The Bertz CT molecular complexity index is 2450. The molecule has 0 aromatic heterocycles. The highest BCUT2D eigenvalue weighted by molar-refractivity contribution is 6.05. The molecule has 3 aliphatic carbocycles. The molecule has 0 fully saturated rings. The lowest BCUT2D eigenvalue weighted by Gasteiger charge is -2.38. The van der Waals surface area contributed by atoms with Crippen molar-refractivity contribution in [2.24, 2.45) is 11.3 Å². The molecule has 59 heavy (non-hydrogen) atoms. The minimum atomic E-state index is 0.0808. The summed E-state index contributed by atoms with van der Waals surface area (Å²) in [5, 5.41) is 2.69. The first-order valence-electron chi connectivity index (χ1n) is 22.0. The highest BCUT2D eigenvalue weighted by Crippen LogP contribution is 2.51. The van der Waals surface area contributed by atoms with Gasteiger partial charge in [-0.1, -0.05) is 174 Å². The number of rotatable bonds is 6. The molecule has 5 aromatic carbocycles. The number of allylic oxidation sites excluding steroid dienone is 6. The minimum absolute atomic E-state index is 0.0808. The Kier molecular flexibility index (Phi) is 10.1. The van der Waals surface area contributed by atoms with Crippen LogP contribution >= 0.6 is 0 Å². The Hall–Kier alpha value is -5.08. The van der Waals surface area contributed by atoms with E-state index >= 15 is 0 Å². The van der Waals surface area contributed by atoms with E-state index in [2.05, 4.69) is 227 Å². The molecule has 0 radical (unpaired) electrons. The van der Waals surface area contributed by atoms with Crippen LogP contribution in [-0.4, -0.2) is 0 Å². The van der Waals surface area contributed by atoms with Crippen molar-refractivity contribution in [3.05, 3.63) is 166 Å². The van der Waals surface area contributed by atoms with Gasteiger partial charge in [0.1, 0.15) is 0 Å². The van der Waals surface area contributed by atoms with E-state index in [0.29, 0.717) is 11.8 Å². The zero-order valence-corrected chi connectivity index (χ0v) is 38.1. The monoisotopic (exact) mass is 779 g/mol. The molecule has 0 bridgehead atoms. The second kappa shape index (κ2) is 14.6. The molecular weight excluding hydrogens is 713 g/mol. The number of anilines is 4. The quantitative estimate of drug-likeness (QED) is 0.169. The summed E-state index contributed by atoms with van der Waals surface area (Å²) in [4.78, 5) is 5.07. The molecule has 0 saturated heterocycles. The van der Waals surface area contributed by atoms with Gasteiger partial charge < -0.3 is 9.80 Å². The van der Waals surface area contributed by atoms with Gasteiger partial charge in [-0.25, -0.2) is 0 Å². The van der Waals surface area contributed by atoms with Crippen molar-refractivity contribution in [1.29, 1.82) is 0 Å². The van der Waals surface area contributed by atoms with E-state index in [0.717, 1.165) is 12.8 Å². The zero-order valence-electron chi connectivity index (χ0n) is 38.1. The molecule has 0 aliphatic heterocycles. The number of hydrogen-bond donors (Lipinski definition) is 0. The second-order valence-electron chi connectivity index (χ2n) is 21.6. The maximum absolute atomic E-state index is 2.57. The Morgan fingerprint density at radius 3 is 1.49 bits per heavy atom. The summed E-state index contributed by atoms with van der Waals surface area (Å²) in [7, 11) is 0. The summed E-state index contributed by atoms with van der Waals surface area (Å²) in [6, 6.07) is 37.4. The lowest BCUT2D eigenvalue weighted by atomic mass is 9.75. The van der Waals surface area contributed by atoms with Crippen LogP contribution in [0.15, 0.2) is 133 Å². The maximum atomic E-state index is 2.57. The van der Waals surface area contributed by atoms with Gasteiger partial charge in [-0.2, -0.15) is 0 Å². The van der Waals surface area contributed by atoms with Crippen LogP contribution in [-0.2, 0) is 16.2 Å². The van der Waals surface area contributed by atoms with Crippen molar-refractivity contribution in [3.8, 4) is 0 Å². The van der Waals surface area contributed by atoms with Crippen molar-refractivity contribution in [2.45, 2.75) is 125 Å². The lowest BCUT2D eigenvalue weighted by molar-refractivity contribution is 0.428. The first-order chi connectivity index (χ1) is 27.7. The third kappa shape index (κ3) is 7.65. The van der Waals surface area contributed by atoms with Crippen molar-refractivity contribution in [1.82, 2.24) is 0 Å². The Balaban J connectivity index is 1.31. The van der Waals surface area contributed by atoms with Crippen LogP contribution < -0.4 is 9.80 Å². The van der Waals surface area contributed by atoms with Crippen molar-refractivity contribution < 1.29 is 0 Å². The van der Waals surface area contributed by atoms with Gasteiger partial charge in [-0.15, -0.1) is 0 Å². The SMILES string of the molecule is C[C@H]1CC(N(c2ccc(C(C)(C)C)cc2)c2ccc3ccc4c5c3c2C=CC5CC=C4N(c2ccc(C(C)(C)C)cc2)c2ccc(C(C)(C)C)cc2)=CC=C1C(C)(C)C. The van der Waals surface area contributed by atoms with Gasteiger partial charge in [0, 0.05) is 45.5 Å². The van der Waals surface area contributed by atoms with Gasteiger partial charge in [0.25, 0.3) is 0 Å². The van der Waals surface area contributed by atoms with Gasteiger partial charge in [0.05, 0.1) is 5.69 Å². The molecule has 1 unspecified atom stereocenters. The van der Waals surface area contributed by atoms with Gasteiger partial charge >= 0.3 is 0 Å². The molecule has 0 saturated carbocycles. The highest BCUT2D eigenvalue weighted by Gasteiger charge is 2.33. The summed E-state index contributed by atoms with van der Waals surface area (Å²) >= 11 is 0. The van der Waals surface area contributed by atoms with Crippen LogP contribution in [0.25, 0.3) is 22.5 Å². The molecular formula is C57H66N2. The molecule has 8 rings (SSSR count). The summed E-state index contributed by atoms with van der Waals surface area (Å²) in [6.45, 7) is 30.1. The number of hydrogen-bond acceptors (Lipinski definition) is 2. The van der Waals surface area contributed by atoms with Crippen LogP contribution in [0, 0.1) is 11.3 Å². The van der Waals surface area contributed by atoms with Gasteiger partial charge in [-0.05, 0) is 122 Å². The topological polar surface area (TPSA) is 6.48 Å². The predicted molar refractivity (Wildman–Crippen MR) is 257 cm³/mol. The molecule has 0 spiro atoms. The highest BCUT2D eigenvalue weighted by atomic mass is 15.2. The lowest BCUT2D eigenvalue weighted by Crippen LogP contribution is -2.25. The smallest absolute Gasteiger partial charge is 0.0537 e. The Morgan fingerprint density at radius 2 is 1.02 bits per heavy atom. The molecule has 0 N–H and O–H groups in total. The molecule has 0 amide bonds. The van der Waals surface area contributed by atoms with Gasteiger partial charge in [0.2, 0.25) is 0 Å². The summed E-state index contributed by atoms with van der Waals surface area (Å²) in [5.41, 5.74) is 17.4. The minimum Gasteiger partial charge on any atom is -0.314 e. The van der Waals surface area contributed by atoms with Crippen LogP contribution in [0.1, 0.15) is 142 Å². The normalized spacial score (nSPS) is 18.0. The third-order valence-corrected chi connectivity index (χ3v) is 13.1. The van der Waals surface area contributed by atoms with Crippen molar-refractivity contribution in [2.75, 3.05) is 9.80 Å². The first-order valence-corrected chi connectivity index (χ1v) is 22.0.